The summed E-state index contributed by atoms with van der Waals surface area (Å²) in [5.41, 5.74) is -0.495. The largest absolute Gasteiger partial charge is 0.281 e. The molecule has 0 radical (unpaired) electrons. The third-order valence-electron chi connectivity index (χ3n) is 1.12. The monoisotopic (exact) mass is 275 g/mol. The van der Waals surface area contributed by atoms with Gasteiger partial charge in [-0.05, 0) is 22.0 Å². The Kier molecular flexibility index (Phi) is 3.26. The molecule has 0 aliphatic heterocycles. The predicted octanol–water partition coefficient (Wildman–Crippen LogP) is 4.09. The second-order valence-electron chi connectivity index (χ2n) is 1.93. The first-order valence-corrected chi connectivity index (χ1v) is 4.37. The summed E-state index contributed by atoms with van der Waals surface area (Å²) in [5.74, 6) is 0. The van der Waals surface area contributed by atoms with Crippen LogP contribution in [0.5, 0.6) is 0 Å². The van der Waals surface area contributed by atoms with Gasteiger partial charge in [-0.2, -0.15) is 0 Å². The lowest BCUT2D eigenvalue weighted by molar-refractivity contribution is 0.146. The second kappa shape index (κ2) is 3.85. The van der Waals surface area contributed by atoms with Crippen LogP contribution in [0.3, 0.4) is 0 Å². The lowest BCUT2D eigenvalue weighted by Gasteiger charge is -2.03. The average Bonchev–Trinajstić information content (AvgIpc) is 1.96. The van der Waals surface area contributed by atoms with Crippen LogP contribution in [0.4, 0.5) is 8.78 Å². The summed E-state index contributed by atoms with van der Waals surface area (Å²) in [7, 11) is 0. The van der Waals surface area contributed by atoms with Crippen molar-refractivity contribution in [3.63, 3.8) is 0 Å². The van der Waals surface area contributed by atoms with Crippen molar-refractivity contribution in [1.82, 2.24) is 4.98 Å². The third-order valence-corrected chi connectivity index (χ3v) is 2.54. The number of nitrogens with zero attached hydrogens (tertiary/aromatic N) is 1. The molecule has 0 atom stereocenters. The zero-order chi connectivity index (χ0) is 9.30. The zero-order valence-corrected chi connectivity index (χ0v) is 8.59. The maximum Gasteiger partial charge on any atom is 0.281 e. The van der Waals surface area contributed by atoms with Crippen LogP contribution in [0.2, 0.25) is 10.2 Å². The first-order chi connectivity index (χ1) is 5.52. The van der Waals surface area contributed by atoms with Crippen molar-refractivity contribution in [3.05, 3.63) is 26.4 Å². The fraction of sp³-hybridized carbons (Fsp3) is 0.167. The van der Waals surface area contributed by atoms with Crippen molar-refractivity contribution >= 4 is 39.1 Å². The molecule has 0 amide bonds. The summed E-state index contributed by atoms with van der Waals surface area (Å²) in [6.07, 6.45) is -2.71. The maximum absolute atomic E-state index is 12.1. The van der Waals surface area contributed by atoms with Gasteiger partial charge in [0.2, 0.25) is 0 Å². The average molecular weight is 277 g/mol. The van der Waals surface area contributed by atoms with Crippen LogP contribution in [-0.4, -0.2) is 4.98 Å². The summed E-state index contributed by atoms with van der Waals surface area (Å²) in [6.45, 7) is 0. The van der Waals surface area contributed by atoms with E-state index in [-0.39, 0.29) is 10.2 Å². The van der Waals surface area contributed by atoms with Gasteiger partial charge in [-0.15, -0.1) is 0 Å². The first kappa shape index (κ1) is 10.2. The smallest absolute Gasteiger partial charge is 0.232 e. The van der Waals surface area contributed by atoms with Gasteiger partial charge >= 0.3 is 0 Å². The highest BCUT2D eigenvalue weighted by Crippen LogP contribution is 2.31. The van der Waals surface area contributed by atoms with Crippen LogP contribution in [0.1, 0.15) is 12.1 Å². The third kappa shape index (κ3) is 2.06. The number of halogens is 5. The highest BCUT2D eigenvalue weighted by Gasteiger charge is 2.15. The van der Waals surface area contributed by atoms with E-state index < -0.39 is 12.1 Å². The molecule has 0 unspecified atom stereocenters. The van der Waals surface area contributed by atoms with E-state index in [0.717, 1.165) is 0 Å². The van der Waals surface area contributed by atoms with E-state index in [1.807, 2.05) is 0 Å². The standard InChI is InChI=1S/C6H2BrCl2F2N/c7-2-1-3(8)4(6(10)11)12-5(2)9/h1,6H. The summed E-state index contributed by atoms with van der Waals surface area (Å²) in [4.78, 5) is 3.41. The Morgan fingerprint density at radius 1 is 1.42 bits per heavy atom. The molecule has 0 saturated heterocycles. The molecule has 0 fully saturated rings. The molecule has 0 aliphatic carbocycles. The van der Waals surface area contributed by atoms with Crippen LogP contribution in [0.15, 0.2) is 10.5 Å². The lowest BCUT2D eigenvalue weighted by Crippen LogP contribution is -1.92. The number of rotatable bonds is 1. The first-order valence-electron chi connectivity index (χ1n) is 2.82. The molecule has 1 aromatic heterocycles. The Morgan fingerprint density at radius 3 is 2.50 bits per heavy atom. The molecule has 12 heavy (non-hydrogen) atoms. The molecule has 6 heteroatoms. The normalized spacial score (nSPS) is 10.8. The Labute approximate surface area is 85.8 Å². The van der Waals surface area contributed by atoms with Gasteiger partial charge in [0.05, 0.1) is 9.50 Å². The van der Waals surface area contributed by atoms with E-state index in [4.69, 9.17) is 23.2 Å². The molecule has 0 bridgehead atoms. The van der Waals surface area contributed by atoms with Crippen molar-refractivity contribution < 1.29 is 8.78 Å². The Bertz CT molecular complexity index is 306. The van der Waals surface area contributed by atoms with Gasteiger partial charge in [-0.3, -0.25) is 0 Å². The number of alkyl halides is 2. The number of hydrogen-bond acceptors (Lipinski definition) is 1. The highest BCUT2D eigenvalue weighted by molar-refractivity contribution is 9.10. The molecule has 0 aliphatic rings. The minimum atomic E-state index is -2.71. The Hall–Kier alpha value is 0.0700. The van der Waals surface area contributed by atoms with Crippen molar-refractivity contribution in [2.24, 2.45) is 0 Å². The van der Waals surface area contributed by atoms with E-state index in [1.54, 1.807) is 0 Å². The number of aromatic nitrogens is 1. The zero-order valence-electron chi connectivity index (χ0n) is 5.49. The quantitative estimate of drug-likeness (QED) is 0.704. The predicted molar refractivity (Wildman–Crippen MR) is 46.9 cm³/mol. The van der Waals surface area contributed by atoms with E-state index in [2.05, 4.69) is 20.9 Å². The van der Waals surface area contributed by atoms with Crippen molar-refractivity contribution in [1.29, 1.82) is 0 Å². The Balaban J connectivity index is 3.23. The fourth-order valence-electron chi connectivity index (χ4n) is 0.610. The van der Waals surface area contributed by atoms with Gasteiger partial charge in [-0.25, -0.2) is 13.8 Å². The maximum atomic E-state index is 12.1. The van der Waals surface area contributed by atoms with Gasteiger partial charge in [0, 0.05) is 0 Å². The summed E-state index contributed by atoms with van der Waals surface area (Å²) in [5, 5.41) is -0.115. The van der Waals surface area contributed by atoms with Gasteiger partial charge in [0.1, 0.15) is 10.8 Å². The van der Waals surface area contributed by atoms with Crippen molar-refractivity contribution in [2.75, 3.05) is 0 Å². The lowest BCUT2D eigenvalue weighted by atomic mass is 10.4. The number of pyridine rings is 1. The van der Waals surface area contributed by atoms with Crippen molar-refractivity contribution in [2.45, 2.75) is 6.43 Å². The van der Waals surface area contributed by atoms with Gasteiger partial charge < -0.3 is 0 Å². The van der Waals surface area contributed by atoms with Gasteiger partial charge in [0.15, 0.2) is 0 Å². The summed E-state index contributed by atoms with van der Waals surface area (Å²) >= 11 is 14.0. The molecule has 1 aromatic rings. The van der Waals surface area contributed by atoms with Crippen LogP contribution in [0, 0.1) is 0 Å². The molecule has 1 rings (SSSR count). The molecule has 1 heterocycles. The van der Waals surface area contributed by atoms with Crippen LogP contribution in [0.25, 0.3) is 0 Å². The topological polar surface area (TPSA) is 12.9 Å². The minimum Gasteiger partial charge on any atom is -0.232 e. The molecular formula is C6H2BrCl2F2N. The fourth-order valence-corrected chi connectivity index (χ4v) is 1.44. The second-order valence-corrected chi connectivity index (χ2v) is 3.55. The number of hydrogen-bond donors (Lipinski definition) is 0. The molecule has 0 N–H and O–H groups in total. The molecule has 0 aromatic carbocycles. The SMILES string of the molecule is FC(F)c1nc(Cl)c(Br)cc1Cl. The van der Waals surface area contributed by atoms with Crippen LogP contribution in [-0.2, 0) is 0 Å². The summed E-state index contributed by atoms with van der Waals surface area (Å²) < 4.78 is 24.6. The van der Waals surface area contributed by atoms with Crippen LogP contribution >= 0.6 is 39.1 Å². The van der Waals surface area contributed by atoms with E-state index >= 15 is 0 Å². The minimum absolute atomic E-state index is 0.0188. The Morgan fingerprint density at radius 2 is 2.00 bits per heavy atom. The highest BCUT2D eigenvalue weighted by atomic mass is 79.9. The van der Waals surface area contributed by atoms with Gasteiger partial charge in [-0.1, -0.05) is 23.2 Å². The van der Waals surface area contributed by atoms with E-state index in [0.29, 0.717) is 4.47 Å². The molecule has 1 nitrogen and oxygen atoms in total. The van der Waals surface area contributed by atoms with Crippen molar-refractivity contribution in [3.8, 4) is 0 Å². The van der Waals surface area contributed by atoms with Crippen LogP contribution < -0.4 is 0 Å². The molecule has 0 spiro atoms. The van der Waals surface area contributed by atoms with E-state index in [1.165, 1.54) is 6.07 Å². The molecular weight excluding hydrogens is 275 g/mol. The molecule has 66 valence electrons. The summed E-state index contributed by atoms with van der Waals surface area (Å²) in [6, 6.07) is 1.29. The van der Waals surface area contributed by atoms with E-state index in [9.17, 15) is 8.78 Å². The molecule has 0 saturated carbocycles. The van der Waals surface area contributed by atoms with Gasteiger partial charge in [0.25, 0.3) is 6.43 Å².